The molecule has 11 atom stereocenters. The van der Waals surface area contributed by atoms with E-state index in [9.17, 15) is 24.0 Å². The van der Waals surface area contributed by atoms with Gasteiger partial charge in [0, 0.05) is 12.5 Å². The topological polar surface area (TPSA) is 190 Å². The lowest BCUT2D eigenvalue weighted by Crippen LogP contribution is -2.70. The van der Waals surface area contributed by atoms with E-state index in [-0.39, 0.29) is 29.9 Å². The molecule has 342 valence electrons. The van der Waals surface area contributed by atoms with Crippen molar-refractivity contribution in [3.63, 3.8) is 0 Å². The number of carbonyl (C=O) groups excluding carboxylic acids is 5. The Hall–Kier alpha value is -6.79. The Balaban J connectivity index is 1.23. The smallest absolute Gasteiger partial charge is 0.339 e. The largest absolute Gasteiger partial charge is 0.467 e. The number of amides is 1. The van der Waals surface area contributed by atoms with E-state index in [2.05, 4.69) is 5.32 Å². The molecule has 2 unspecified atom stereocenters. The average molecular weight is 902 g/mol. The number of nitrogens with one attached hydrogen (secondary N) is 1. The van der Waals surface area contributed by atoms with Crippen LogP contribution in [0.2, 0.25) is 0 Å². The molecule has 1 amide bonds. The lowest BCUT2D eigenvalue weighted by atomic mass is 9.94. The van der Waals surface area contributed by atoms with E-state index in [4.69, 9.17) is 47.4 Å². The zero-order chi connectivity index (χ0) is 46.0. The van der Waals surface area contributed by atoms with Crippen LogP contribution in [0.25, 0.3) is 0 Å². The predicted octanol–water partition coefficient (Wildman–Crippen LogP) is 5.51. The lowest BCUT2D eigenvalue weighted by Gasteiger charge is -2.51. The Morgan fingerprint density at radius 3 is 1.61 bits per heavy atom. The Kier molecular flexibility index (Phi) is 14.9. The molecule has 0 bridgehead atoms. The van der Waals surface area contributed by atoms with Crippen LogP contribution in [0, 0.1) is 0 Å². The first-order chi connectivity index (χ1) is 32.2. The van der Waals surface area contributed by atoms with Gasteiger partial charge in [0.15, 0.2) is 43.3 Å². The summed E-state index contributed by atoms with van der Waals surface area (Å²) in [6, 6.07) is 40.9. The van der Waals surface area contributed by atoms with Gasteiger partial charge >= 0.3 is 23.9 Å². The standard InChI is InChI=1S/C50H47NO15/c1-30(52)51-37-39(38-36(29-59-48(64-38)35-26-16-7-17-27-35)60-49(37)58-28-31-18-8-3-9-19-31)65-50-43(63-46(55)34-24-14-6-15-25-34)41(62-45(54)33-22-12-5-13-23-33)40(42(66-50)47(56)57-2)61-44(53)32-20-10-4-11-21-32/h3-27,36-43,48-50H,28-29H2,1-2H3,(H,51,52)/t36-,37-,38+,39-,40+,41+,42+,43-,48?,49?,50-/m1/s1. The number of esters is 4. The van der Waals surface area contributed by atoms with Gasteiger partial charge in [-0.05, 0) is 42.0 Å². The molecule has 3 aliphatic rings. The molecule has 0 saturated carbocycles. The summed E-state index contributed by atoms with van der Waals surface area (Å²) in [5, 5.41) is 2.90. The summed E-state index contributed by atoms with van der Waals surface area (Å²) in [6.45, 7) is 1.32. The van der Waals surface area contributed by atoms with Crippen LogP contribution in [-0.4, -0.2) is 105 Å². The van der Waals surface area contributed by atoms with Crippen LogP contribution in [0.1, 0.15) is 55.4 Å². The molecule has 8 rings (SSSR count). The van der Waals surface area contributed by atoms with Gasteiger partial charge in [-0.2, -0.15) is 0 Å². The average Bonchev–Trinajstić information content (AvgIpc) is 3.36. The highest BCUT2D eigenvalue weighted by atomic mass is 16.8. The Bertz CT molecular complexity index is 2410. The maximum absolute atomic E-state index is 14.2. The van der Waals surface area contributed by atoms with Crippen molar-refractivity contribution >= 4 is 29.8 Å². The quantitative estimate of drug-likeness (QED) is 0.108. The van der Waals surface area contributed by atoms with Crippen LogP contribution in [0.3, 0.4) is 0 Å². The van der Waals surface area contributed by atoms with E-state index in [1.54, 1.807) is 54.6 Å². The zero-order valence-corrected chi connectivity index (χ0v) is 35.8. The summed E-state index contributed by atoms with van der Waals surface area (Å²) in [5.41, 5.74) is 1.72. The molecule has 0 spiro atoms. The number of methoxy groups -OCH3 is 1. The highest BCUT2D eigenvalue weighted by Crippen LogP contribution is 2.39. The maximum atomic E-state index is 14.2. The highest BCUT2D eigenvalue weighted by molar-refractivity contribution is 5.91. The van der Waals surface area contributed by atoms with Crippen molar-refractivity contribution in [1.82, 2.24) is 5.32 Å². The van der Waals surface area contributed by atoms with Gasteiger partial charge in [-0.3, -0.25) is 4.79 Å². The molecule has 16 nitrogen and oxygen atoms in total. The molecular weight excluding hydrogens is 855 g/mol. The van der Waals surface area contributed by atoms with Crippen LogP contribution in [-0.2, 0) is 63.6 Å². The van der Waals surface area contributed by atoms with Crippen molar-refractivity contribution in [2.24, 2.45) is 0 Å². The molecule has 3 heterocycles. The number of hydrogen-bond donors (Lipinski definition) is 1. The molecule has 3 fully saturated rings. The van der Waals surface area contributed by atoms with E-state index >= 15 is 0 Å². The van der Waals surface area contributed by atoms with Crippen LogP contribution in [0.5, 0.6) is 0 Å². The van der Waals surface area contributed by atoms with E-state index in [1.165, 1.54) is 43.3 Å². The van der Waals surface area contributed by atoms with Crippen LogP contribution >= 0.6 is 0 Å². The van der Waals surface area contributed by atoms with Crippen molar-refractivity contribution in [2.45, 2.75) is 81.2 Å². The molecular formula is C50H47NO15. The van der Waals surface area contributed by atoms with E-state index in [0.29, 0.717) is 5.56 Å². The number of benzene rings is 5. The van der Waals surface area contributed by atoms with Gasteiger partial charge in [-0.15, -0.1) is 0 Å². The lowest BCUT2D eigenvalue weighted by molar-refractivity contribution is -0.376. The first-order valence-corrected chi connectivity index (χ1v) is 21.2. The molecule has 1 N–H and O–H groups in total. The van der Waals surface area contributed by atoms with Gasteiger partial charge in [-0.1, -0.05) is 115 Å². The number of fused-ring (bicyclic) bond motifs is 1. The molecule has 3 saturated heterocycles. The van der Waals surface area contributed by atoms with E-state index in [0.717, 1.165) is 12.7 Å². The summed E-state index contributed by atoms with van der Waals surface area (Å²) >= 11 is 0. The van der Waals surface area contributed by atoms with Crippen LogP contribution in [0.15, 0.2) is 152 Å². The van der Waals surface area contributed by atoms with Crippen molar-refractivity contribution in [1.29, 1.82) is 0 Å². The van der Waals surface area contributed by atoms with Gasteiger partial charge < -0.3 is 52.7 Å². The van der Waals surface area contributed by atoms with Crippen LogP contribution < -0.4 is 5.32 Å². The zero-order valence-electron chi connectivity index (χ0n) is 35.8. The summed E-state index contributed by atoms with van der Waals surface area (Å²) in [7, 11) is 1.09. The second kappa shape index (κ2) is 21.5. The molecule has 5 aromatic rings. The van der Waals surface area contributed by atoms with Crippen molar-refractivity contribution in [3.05, 3.63) is 179 Å². The fraction of sp³-hybridized carbons (Fsp3) is 0.300. The van der Waals surface area contributed by atoms with Crippen molar-refractivity contribution in [3.8, 4) is 0 Å². The molecule has 5 aromatic carbocycles. The van der Waals surface area contributed by atoms with Crippen LogP contribution in [0.4, 0.5) is 0 Å². The van der Waals surface area contributed by atoms with E-state index < -0.39 is 97.4 Å². The highest BCUT2D eigenvalue weighted by Gasteiger charge is 2.59. The molecule has 3 aliphatic heterocycles. The second-order valence-electron chi connectivity index (χ2n) is 15.5. The Labute approximate surface area is 379 Å². The minimum absolute atomic E-state index is 0.0281. The molecule has 66 heavy (non-hydrogen) atoms. The summed E-state index contributed by atoms with van der Waals surface area (Å²) in [6.07, 6.45) is -14.5. The SMILES string of the molecule is COC(=O)[C@H]1O[C@@H](O[C@H]2[C@H]3OC(c4ccccc4)OC[C@H]3OC(OCc3ccccc3)[C@@H]2NC(C)=O)[C@H](OC(=O)c2ccccc2)[C@@H](OC(=O)c2ccccc2)[C@@H]1OC(=O)c1ccccc1. The Morgan fingerprint density at radius 2 is 1.08 bits per heavy atom. The fourth-order valence-electron chi connectivity index (χ4n) is 7.86. The third-order valence-corrected chi connectivity index (χ3v) is 11.0. The third kappa shape index (κ3) is 10.8. The van der Waals surface area contributed by atoms with Gasteiger partial charge in [0.25, 0.3) is 0 Å². The number of ether oxygens (including phenoxy) is 10. The van der Waals surface area contributed by atoms with Gasteiger partial charge in [-0.25, -0.2) is 19.2 Å². The van der Waals surface area contributed by atoms with Gasteiger partial charge in [0.2, 0.25) is 5.91 Å². The summed E-state index contributed by atoms with van der Waals surface area (Å²) in [5.74, 6) is -4.32. The number of carbonyl (C=O) groups is 5. The normalized spacial score (nSPS) is 27.0. The fourth-order valence-corrected chi connectivity index (χ4v) is 7.86. The predicted molar refractivity (Wildman–Crippen MR) is 230 cm³/mol. The minimum atomic E-state index is -1.86. The second-order valence-corrected chi connectivity index (χ2v) is 15.5. The first-order valence-electron chi connectivity index (χ1n) is 21.2. The first kappa shape index (κ1) is 45.8. The van der Waals surface area contributed by atoms with E-state index in [1.807, 2.05) is 60.7 Å². The van der Waals surface area contributed by atoms with Crippen molar-refractivity contribution in [2.75, 3.05) is 13.7 Å². The molecule has 0 radical (unpaired) electrons. The number of hydrogen-bond acceptors (Lipinski definition) is 15. The Morgan fingerprint density at radius 1 is 0.576 bits per heavy atom. The molecule has 16 heteroatoms. The van der Waals surface area contributed by atoms with Crippen molar-refractivity contribution < 1.29 is 71.3 Å². The number of rotatable bonds is 14. The minimum Gasteiger partial charge on any atom is -0.467 e. The monoisotopic (exact) mass is 901 g/mol. The maximum Gasteiger partial charge on any atom is 0.339 e. The molecule has 0 aromatic heterocycles. The summed E-state index contributed by atoms with van der Waals surface area (Å²) < 4.78 is 62.6. The molecule has 0 aliphatic carbocycles. The van der Waals surface area contributed by atoms with Gasteiger partial charge in [0.1, 0.15) is 24.4 Å². The van der Waals surface area contributed by atoms with Gasteiger partial charge in [0.05, 0.1) is 37.0 Å². The summed E-state index contributed by atoms with van der Waals surface area (Å²) in [4.78, 5) is 69.2. The third-order valence-electron chi connectivity index (χ3n) is 11.0.